The second kappa shape index (κ2) is 9.24. The van der Waals surface area contributed by atoms with Crippen LogP contribution < -0.4 is 5.32 Å². The molecule has 2 aromatic heterocycles. The Hall–Kier alpha value is -3.00. The molecule has 1 unspecified atom stereocenters. The predicted molar refractivity (Wildman–Crippen MR) is 132 cm³/mol. The third-order valence-electron chi connectivity index (χ3n) is 5.93. The Morgan fingerprint density at radius 3 is 2.84 bits per heavy atom. The summed E-state index contributed by atoms with van der Waals surface area (Å²) >= 11 is 1.68. The molecule has 1 aliphatic heterocycles. The number of phenolic OH excluding ortho intramolecular Hbond substituents is 1. The molecule has 3 aromatic rings. The van der Waals surface area contributed by atoms with Crippen molar-refractivity contribution >= 4 is 38.6 Å². The van der Waals surface area contributed by atoms with Crippen molar-refractivity contribution in [1.82, 2.24) is 19.8 Å². The molecule has 3 heterocycles. The molecule has 2 aliphatic rings. The fraction of sp³-hybridized carbons (Fsp3) is 0.280. The van der Waals surface area contributed by atoms with Crippen LogP contribution in [0.4, 0.5) is 11.5 Å². The molecule has 0 radical (unpaired) electrons. The molecule has 1 atom stereocenters. The first-order chi connectivity index (χ1) is 15.6. The van der Waals surface area contributed by atoms with Crippen LogP contribution in [-0.2, 0) is 0 Å². The van der Waals surface area contributed by atoms with E-state index in [1.165, 1.54) is 10.5 Å². The molecule has 32 heavy (non-hydrogen) atoms. The number of nitrogens with one attached hydrogen (secondary N) is 1. The van der Waals surface area contributed by atoms with Gasteiger partial charge in [0.25, 0.3) is 0 Å². The third kappa shape index (κ3) is 4.75. The highest BCUT2D eigenvalue weighted by molar-refractivity contribution is 7.20. The van der Waals surface area contributed by atoms with Crippen molar-refractivity contribution in [3.63, 3.8) is 0 Å². The van der Waals surface area contributed by atoms with E-state index in [1.54, 1.807) is 29.8 Å². The van der Waals surface area contributed by atoms with E-state index in [4.69, 9.17) is 0 Å². The van der Waals surface area contributed by atoms with Gasteiger partial charge in [-0.25, -0.2) is 9.97 Å². The SMILES string of the molecule is CN1CCN(CC2C=CC=C(c3cc4ncnc(Nc5cccc(O)c5)c4s3)C=C2)CC1. The van der Waals surface area contributed by atoms with Crippen LogP contribution in [0, 0.1) is 5.92 Å². The number of aromatic nitrogens is 2. The van der Waals surface area contributed by atoms with Gasteiger partial charge in [-0.1, -0.05) is 36.4 Å². The lowest BCUT2D eigenvalue weighted by molar-refractivity contribution is 0.148. The zero-order chi connectivity index (χ0) is 21.9. The third-order valence-corrected chi connectivity index (χ3v) is 7.11. The number of rotatable bonds is 5. The highest BCUT2D eigenvalue weighted by Gasteiger charge is 2.17. The van der Waals surface area contributed by atoms with Crippen molar-refractivity contribution < 1.29 is 5.11 Å². The highest BCUT2D eigenvalue weighted by Crippen LogP contribution is 2.35. The van der Waals surface area contributed by atoms with Crippen molar-refractivity contribution in [2.24, 2.45) is 5.92 Å². The van der Waals surface area contributed by atoms with Gasteiger partial charge in [0.2, 0.25) is 0 Å². The minimum atomic E-state index is 0.221. The van der Waals surface area contributed by atoms with E-state index in [2.05, 4.69) is 68.6 Å². The zero-order valence-electron chi connectivity index (χ0n) is 18.1. The molecule has 0 bridgehead atoms. The van der Waals surface area contributed by atoms with Crippen molar-refractivity contribution in [3.05, 3.63) is 71.9 Å². The number of aromatic hydroxyl groups is 1. The number of hydrogen-bond acceptors (Lipinski definition) is 7. The summed E-state index contributed by atoms with van der Waals surface area (Å²) in [6.07, 6.45) is 12.8. The molecule has 5 rings (SSSR count). The monoisotopic (exact) mass is 445 g/mol. The molecule has 1 aliphatic carbocycles. The summed E-state index contributed by atoms with van der Waals surface area (Å²) in [4.78, 5) is 15.0. The van der Waals surface area contributed by atoms with Crippen molar-refractivity contribution in [3.8, 4) is 5.75 Å². The van der Waals surface area contributed by atoms with Crippen LogP contribution in [0.2, 0.25) is 0 Å². The predicted octanol–water partition coefficient (Wildman–Crippen LogP) is 4.51. The first kappa shape index (κ1) is 20.9. The molecule has 1 fully saturated rings. The molecule has 0 spiro atoms. The van der Waals surface area contributed by atoms with Crippen LogP contribution in [-0.4, -0.2) is 64.6 Å². The molecule has 6 nitrogen and oxygen atoms in total. The van der Waals surface area contributed by atoms with Crippen molar-refractivity contribution in [2.45, 2.75) is 0 Å². The van der Waals surface area contributed by atoms with E-state index in [0.717, 1.165) is 54.4 Å². The maximum absolute atomic E-state index is 9.75. The average Bonchev–Trinajstić information content (AvgIpc) is 3.09. The smallest absolute Gasteiger partial charge is 0.151 e. The number of likely N-dealkylation sites (N-methyl/N-ethyl adjacent to an activating group) is 1. The average molecular weight is 446 g/mol. The van der Waals surface area contributed by atoms with Gasteiger partial charge < -0.3 is 15.3 Å². The molecule has 7 heteroatoms. The topological polar surface area (TPSA) is 64.5 Å². The fourth-order valence-electron chi connectivity index (χ4n) is 4.07. The number of thiophene rings is 1. The maximum Gasteiger partial charge on any atom is 0.151 e. The molecule has 164 valence electrons. The van der Waals surface area contributed by atoms with Gasteiger partial charge in [0.15, 0.2) is 5.82 Å². The molecule has 0 amide bonds. The molecule has 1 saturated heterocycles. The lowest BCUT2D eigenvalue weighted by Gasteiger charge is -2.33. The number of benzene rings is 1. The van der Waals surface area contributed by atoms with Gasteiger partial charge in [-0.05, 0) is 30.8 Å². The van der Waals surface area contributed by atoms with E-state index in [-0.39, 0.29) is 5.75 Å². The Bertz CT molecular complexity index is 1190. The zero-order valence-corrected chi connectivity index (χ0v) is 18.9. The van der Waals surface area contributed by atoms with E-state index in [9.17, 15) is 5.11 Å². The maximum atomic E-state index is 9.75. The Morgan fingerprint density at radius 1 is 1.12 bits per heavy atom. The van der Waals surface area contributed by atoms with Crippen LogP contribution in [0.25, 0.3) is 15.8 Å². The molecule has 0 saturated carbocycles. The number of fused-ring (bicyclic) bond motifs is 1. The Balaban J connectivity index is 1.33. The second-order valence-electron chi connectivity index (χ2n) is 8.36. The summed E-state index contributed by atoms with van der Waals surface area (Å²) < 4.78 is 1.00. The van der Waals surface area contributed by atoms with Crippen LogP contribution in [0.5, 0.6) is 5.75 Å². The Morgan fingerprint density at radius 2 is 2.00 bits per heavy atom. The molecule has 2 N–H and O–H groups in total. The summed E-state index contributed by atoms with van der Waals surface area (Å²) in [6, 6.07) is 9.18. The lowest BCUT2D eigenvalue weighted by Crippen LogP contribution is -2.45. The van der Waals surface area contributed by atoms with Crippen LogP contribution >= 0.6 is 11.3 Å². The minimum Gasteiger partial charge on any atom is -0.508 e. The van der Waals surface area contributed by atoms with Gasteiger partial charge in [-0.2, -0.15) is 0 Å². The fourth-order valence-corrected chi connectivity index (χ4v) is 5.13. The van der Waals surface area contributed by atoms with E-state index in [0.29, 0.717) is 5.92 Å². The minimum absolute atomic E-state index is 0.221. The number of anilines is 2. The van der Waals surface area contributed by atoms with Crippen molar-refractivity contribution in [1.29, 1.82) is 0 Å². The Labute approximate surface area is 192 Å². The summed E-state index contributed by atoms with van der Waals surface area (Å²) in [5, 5.41) is 13.1. The van der Waals surface area contributed by atoms with Crippen LogP contribution in [0.15, 0.2) is 67.0 Å². The largest absolute Gasteiger partial charge is 0.508 e. The normalized spacial score (nSPS) is 19.8. The van der Waals surface area contributed by atoms with E-state index >= 15 is 0 Å². The van der Waals surface area contributed by atoms with E-state index < -0.39 is 0 Å². The van der Waals surface area contributed by atoms with Gasteiger partial charge in [0.1, 0.15) is 12.1 Å². The van der Waals surface area contributed by atoms with Gasteiger partial charge in [-0.3, -0.25) is 4.90 Å². The van der Waals surface area contributed by atoms with Crippen LogP contribution in [0.1, 0.15) is 4.88 Å². The lowest BCUT2D eigenvalue weighted by atomic mass is 10.1. The Kier molecular flexibility index (Phi) is 6.03. The number of phenols is 1. The van der Waals surface area contributed by atoms with Crippen LogP contribution in [0.3, 0.4) is 0 Å². The summed E-state index contributed by atoms with van der Waals surface area (Å²) in [7, 11) is 2.19. The standard InChI is InChI=1S/C25H27N5OS/c1-29-10-12-30(13-11-29)16-18-4-2-5-19(9-8-18)23-15-22-24(32-23)25(27-17-26-22)28-20-6-3-7-21(31)14-20/h2-9,14-15,17-18,31H,10-13,16H2,1H3,(H,26,27,28). The van der Waals surface area contributed by atoms with Gasteiger partial charge >= 0.3 is 0 Å². The second-order valence-corrected chi connectivity index (χ2v) is 9.41. The van der Waals surface area contributed by atoms with E-state index in [1.807, 2.05) is 12.1 Å². The quantitative estimate of drug-likeness (QED) is 0.602. The number of allylic oxidation sites excluding steroid dienone is 4. The van der Waals surface area contributed by atoms with Gasteiger partial charge in [0.05, 0.1) is 10.2 Å². The highest BCUT2D eigenvalue weighted by atomic mass is 32.1. The number of piperazine rings is 1. The number of hydrogen-bond donors (Lipinski definition) is 2. The van der Waals surface area contributed by atoms with Gasteiger partial charge in [-0.15, -0.1) is 11.3 Å². The number of nitrogens with zero attached hydrogens (tertiary/aromatic N) is 4. The van der Waals surface area contributed by atoms with Crippen molar-refractivity contribution in [2.75, 3.05) is 45.1 Å². The first-order valence-electron chi connectivity index (χ1n) is 10.9. The summed E-state index contributed by atoms with van der Waals surface area (Å²) in [5.74, 6) is 1.39. The summed E-state index contributed by atoms with van der Waals surface area (Å²) in [5.41, 5.74) is 2.90. The molecular formula is C25H27N5OS. The first-order valence-corrected chi connectivity index (χ1v) is 11.7. The van der Waals surface area contributed by atoms with Gasteiger partial charge in [0, 0.05) is 55.3 Å². The molecule has 1 aromatic carbocycles. The molecular weight excluding hydrogens is 418 g/mol. The summed E-state index contributed by atoms with van der Waals surface area (Å²) in [6.45, 7) is 5.63.